The van der Waals surface area contributed by atoms with Gasteiger partial charge in [0.1, 0.15) is 6.33 Å². The molecule has 0 spiro atoms. The van der Waals surface area contributed by atoms with E-state index in [1.807, 2.05) is 6.07 Å². The van der Waals surface area contributed by atoms with Crippen LogP contribution in [0.2, 0.25) is 20.1 Å². The minimum Gasteiger partial charge on any atom is -0.264 e. The number of benzene rings is 2. The molecular weight excluding hydrogens is 442 g/mol. The monoisotopic (exact) mass is 448 g/mol. The van der Waals surface area contributed by atoms with Crippen molar-refractivity contribution in [2.75, 3.05) is 0 Å². The lowest BCUT2D eigenvalue weighted by molar-refractivity contribution is 0.893. The maximum atomic E-state index is 6.33. The fourth-order valence-electron chi connectivity index (χ4n) is 2.98. The SMILES string of the molecule is Clc1ccc(-c2nnc3c4cnn(-c5ccc(Cl)c(Cl)c5)c4ncn23)c(Cl)c1. The van der Waals surface area contributed by atoms with E-state index in [0.29, 0.717) is 42.8 Å². The van der Waals surface area contributed by atoms with E-state index < -0.39 is 0 Å². The molecule has 0 aliphatic carbocycles. The van der Waals surface area contributed by atoms with E-state index >= 15 is 0 Å². The van der Waals surface area contributed by atoms with E-state index in [4.69, 9.17) is 46.4 Å². The number of halogens is 4. The summed E-state index contributed by atoms with van der Waals surface area (Å²) in [5.74, 6) is 0.563. The van der Waals surface area contributed by atoms with Gasteiger partial charge in [-0.15, -0.1) is 10.2 Å². The Labute approximate surface area is 178 Å². The predicted molar refractivity (Wildman–Crippen MR) is 111 cm³/mol. The third kappa shape index (κ3) is 2.72. The Balaban J connectivity index is 1.71. The Bertz CT molecular complexity index is 1370. The van der Waals surface area contributed by atoms with Crippen molar-refractivity contribution < 1.29 is 0 Å². The zero-order valence-corrected chi connectivity index (χ0v) is 16.8. The van der Waals surface area contributed by atoms with Crippen molar-refractivity contribution >= 4 is 63.1 Å². The molecule has 0 saturated heterocycles. The second-order valence-electron chi connectivity index (χ2n) is 5.98. The summed E-state index contributed by atoms with van der Waals surface area (Å²) in [4.78, 5) is 4.54. The van der Waals surface area contributed by atoms with Gasteiger partial charge < -0.3 is 0 Å². The lowest BCUT2D eigenvalue weighted by Crippen LogP contribution is -1.99. The molecule has 10 heteroatoms. The number of rotatable bonds is 2. The highest BCUT2D eigenvalue weighted by atomic mass is 35.5. The minimum atomic E-state index is 0.436. The first-order chi connectivity index (χ1) is 13.5. The molecule has 0 N–H and O–H groups in total. The van der Waals surface area contributed by atoms with Crippen molar-refractivity contribution in [1.82, 2.24) is 29.4 Å². The Morgan fingerprint density at radius 2 is 1.64 bits per heavy atom. The molecule has 3 heterocycles. The smallest absolute Gasteiger partial charge is 0.175 e. The molecule has 2 aromatic carbocycles. The minimum absolute atomic E-state index is 0.436. The van der Waals surface area contributed by atoms with Crippen LogP contribution in [0.1, 0.15) is 0 Å². The molecule has 28 heavy (non-hydrogen) atoms. The maximum Gasteiger partial charge on any atom is 0.175 e. The third-order valence-electron chi connectivity index (χ3n) is 4.30. The number of hydrogen-bond donors (Lipinski definition) is 0. The Morgan fingerprint density at radius 1 is 0.786 bits per heavy atom. The largest absolute Gasteiger partial charge is 0.264 e. The van der Waals surface area contributed by atoms with E-state index in [0.717, 1.165) is 11.1 Å². The molecular formula is C18H8Cl4N6. The van der Waals surface area contributed by atoms with Gasteiger partial charge in [0, 0.05) is 10.6 Å². The van der Waals surface area contributed by atoms with Crippen LogP contribution in [0.25, 0.3) is 33.8 Å². The number of aromatic nitrogens is 6. The number of hydrogen-bond acceptors (Lipinski definition) is 4. The standard InChI is InChI=1S/C18H8Cl4N6/c19-9-1-3-11(14(21)5-9)17-25-26-18-12-7-24-28(16(12)23-8-27(17)18)10-2-4-13(20)15(22)6-10/h1-8H. The second-order valence-corrected chi connectivity index (χ2v) is 7.64. The average Bonchev–Trinajstić information content (AvgIpc) is 3.28. The molecule has 5 aromatic rings. The summed E-state index contributed by atoms with van der Waals surface area (Å²) >= 11 is 24.5. The molecule has 0 fully saturated rings. The molecule has 0 amide bonds. The van der Waals surface area contributed by atoms with Crippen molar-refractivity contribution in [1.29, 1.82) is 0 Å². The van der Waals surface area contributed by atoms with Crippen molar-refractivity contribution in [2.45, 2.75) is 0 Å². The molecule has 138 valence electrons. The topological polar surface area (TPSA) is 60.9 Å². The van der Waals surface area contributed by atoms with Crippen LogP contribution in [-0.2, 0) is 0 Å². The summed E-state index contributed by atoms with van der Waals surface area (Å²) in [7, 11) is 0. The molecule has 0 aliphatic heterocycles. The highest BCUT2D eigenvalue weighted by Crippen LogP contribution is 2.31. The van der Waals surface area contributed by atoms with E-state index in [1.165, 1.54) is 0 Å². The second kappa shape index (κ2) is 6.60. The van der Waals surface area contributed by atoms with Gasteiger partial charge in [0.15, 0.2) is 17.1 Å². The van der Waals surface area contributed by atoms with Gasteiger partial charge in [-0.25, -0.2) is 9.67 Å². The molecule has 0 radical (unpaired) electrons. The van der Waals surface area contributed by atoms with Crippen molar-refractivity contribution in [3.63, 3.8) is 0 Å². The first kappa shape index (κ1) is 17.7. The molecule has 0 aliphatic rings. The van der Waals surface area contributed by atoms with Crippen LogP contribution in [0.4, 0.5) is 0 Å². The Hall–Kier alpha value is -2.38. The van der Waals surface area contributed by atoms with E-state index in [1.54, 1.807) is 51.9 Å². The van der Waals surface area contributed by atoms with Gasteiger partial charge in [-0.2, -0.15) is 5.10 Å². The van der Waals surface area contributed by atoms with Gasteiger partial charge in [-0.05, 0) is 36.4 Å². The van der Waals surface area contributed by atoms with Crippen LogP contribution in [0.15, 0.2) is 48.9 Å². The Morgan fingerprint density at radius 3 is 2.43 bits per heavy atom. The highest BCUT2D eigenvalue weighted by molar-refractivity contribution is 6.42. The lowest BCUT2D eigenvalue weighted by atomic mass is 10.2. The van der Waals surface area contributed by atoms with Gasteiger partial charge in [0.2, 0.25) is 0 Å². The Kier molecular flexibility index (Phi) is 4.17. The molecule has 0 atom stereocenters. The maximum absolute atomic E-state index is 6.33. The summed E-state index contributed by atoms with van der Waals surface area (Å²) < 4.78 is 3.43. The van der Waals surface area contributed by atoms with Gasteiger partial charge in [-0.1, -0.05) is 46.4 Å². The van der Waals surface area contributed by atoms with E-state index in [-0.39, 0.29) is 0 Å². The van der Waals surface area contributed by atoms with Crippen LogP contribution in [0.5, 0.6) is 0 Å². The first-order valence-electron chi connectivity index (χ1n) is 8.01. The van der Waals surface area contributed by atoms with Crippen LogP contribution in [0, 0.1) is 0 Å². The number of nitrogens with zero attached hydrogens (tertiary/aromatic N) is 6. The highest BCUT2D eigenvalue weighted by Gasteiger charge is 2.17. The summed E-state index contributed by atoms with van der Waals surface area (Å²) in [6.07, 6.45) is 3.32. The van der Waals surface area contributed by atoms with Crippen LogP contribution < -0.4 is 0 Å². The van der Waals surface area contributed by atoms with Gasteiger partial charge in [0.05, 0.1) is 32.3 Å². The summed E-state index contributed by atoms with van der Waals surface area (Å²) in [5.41, 5.74) is 2.67. The molecule has 0 unspecified atom stereocenters. The zero-order valence-electron chi connectivity index (χ0n) is 13.8. The predicted octanol–water partition coefficient (Wildman–Crippen LogP) is 5.74. The summed E-state index contributed by atoms with van der Waals surface area (Å²) in [5, 5.41) is 15.7. The summed E-state index contributed by atoms with van der Waals surface area (Å²) in [6, 6.07) is 10.5. The average molecular weight is 450 g/mol. The van der Waals surface area contributed by atoms with Crippen LogP contribution in [0.3, 0.4) is 0 Å². The summed E-state index contributed by atoms with van der Waals surface area (Å²) in [6.45, 7) is 0. The quantitative estimate of drug-likeness (QED) is 0.344. The van der Waals surface area contributed by atoms with Crippen molar-refractivity contribution in [2.24, 2.45) is 0 Å². The van der Waals surface area contributed by atoms with Crippen molar-refractivity contribution in [3.8, 4) is 17.1 Å². The van der Waals surface area contributed by atoms with E-state index in [2.05, 4.69) is 20.3 Å². The zero-order chi connectivity index (χ0) is 19.4. The molecule has 3 aromatic heterocycles. The van der Waals surface area contributed by atoms with Crippen LogP contribution >= 0.6 is 46.4 Å². The lowest BCUT2D eigenvalue weighted by Gasteiger charge is -2.05. The van der Waals surface area contributed by atoms with Gasteiger partial charge in [-0.3, -0.25) is 4.40 Å². The fourth-order valence-corrected chi connectivity index (χ4v) is 3.77. The number of fused-ring (bicyclic) bond motifs is 3. The van der Waals surface area contributed by atoms with Crippen LogP contribution in [-0.4, -0.2) is 29.4 Å². The molecule has 6 nitrogen and oxygen atoms in total. The van der Waals surface area contributed by atoms with Gasteiger partial charge >= 0.3 is 0 Å². The molecule has 0 saturated carbocycles. The van der Waals surface area contributed by atoms with Crippen molar-refractivity contribution in [3.05, 3.63) is 69.0 Å². The third-order valence-corrected chi connectivity index (χ3v) is 5.58. The van der Waals surface area contributed by atoms with E-state index in [9.17, 15) is 0 Å². The van der Waals surface area contributed by atoms with Gasteiger partial charge in [0.25, 0.3) is 0 Å². The molecule has 5 rings (SSSR count). The fraction of sp³-hybridized carbons (Fsp3) is 0. The normalized spacial score (nSPS) is 11.6. The molecule has 0 bridgehead atoms. The first-order valence-corrected chi connectivity index (χ1v) is 9.52.